The number of amides is 1. The predicted octanol–water partition coefficient (Wildman–Crippen LogP) is 2.60. The molecule has 36 heavy (non-hydrogen) atoms. The number of rotatable bonds is 9. The average Bonchev–Trinajstić information content (AvgIpc) is 3.19. The third-order valence-corrected chi connectivity index (χ3v) is 8.62. The van der Waals surface area contributed by atoms with Crippen LogP contribution in [-0.4, -0.2) is 75.1 Å². The lowest BCUT2D eigenvalue weighted by Crippen LogP contribution is -2.47. The number of aliphatic hydroxyl groups is 1. The highest BCUT2D eigenvalue weighted by molar-refractivity contribution is 7.91. The summed E-state index contributed by atoms with van der Waals surface area (Å²) in [7, 11) is -1.52. The van der Waals surface area contributed by atoms with Gasteiger partial charge in [0.05, 0.1) is 28.5 Å². The predicted molar refractivity (Wildman–Crippen MR) is 143 cm³/mol. The molecule has 2 aliphatic heterocycles. The van der Waals surface area contributed by atoms with E-state index >= 15 is 0 Å². The number of hydrogen-bond donors (Lipinski definition) is 2. The van der Waals surface area contributed by atoms with Gasteiger partial charge in [0.15, 0.2) is 9.84 Å². The molecule has 1 aliphatic carbocycles. The molecule has 1 spiro atoms. The molecule has 192 valence electrons. The van der Waals surface area contributed by atoms with E-state index in [1.54, 1.807) is 25.1 Å². The maximum Gasteiger partial charge on any atom is 0.253 e. The molecule has 3 aliphatic rings. The van der Waals surface area contributed by atoms with Gasteiger partial charge in [-0.25, -0.2) is 8.42 Å². The summed E-state index contributed by atoms with van der Waals surface area (Å²) < 4.78 is 25.3. The number of hydrogen-bond acceptors (Lipinski definition) is 7. The molecular weight excluding hydrogens is 476 g/mol. The topological polar surface area (TPSA) is 102 Å². The largest absolute Gasteiger partial charge is 0.395 e. The van der Waals surface area contributed by atoms with Crippen molar-refractivity contribution in [2.24, 2.45) is 4.99 Å². The van der Waals surface area contributed by atoms with Crippen LogP contribution in [-0.2, 0) is 14.6 Å². The van der Waals surface area contributed by atoms with E-state index in [2.05, 4.69) is 17.5 Å². The lowest BCUT2D eigenvalue weighted by atomic mass is 9.74. The molecule has 0 saturated carbocycles. The van der Waals surface area contributed by atoms with Crippen LogP contribution in [0.25, 0.3) is 0 Å². The Morgan fingerprint density at radius 2 is 2.06 bits per heavy atom. The zero-order valence-electron chi connectivity index (χ0n) is 21.3. The number of allylic oxidation sites excluding steroid dienone is 3. The fraction of sp³-hybridized carbons (Fsp3) is 0.407. The van der Waals surface area contributed by atoms with E-state index in [1.807, 2.05) is 49.2 Å². The van der Waals surface area contributed by atoms with Gasteiger partial charge < -0.3 is 20.2 Å². The maximum atomic E-state index is 13.5. The van der Waals surface area contributed by atoms with Crippen molar-refractivity contribution in [2.45, 2.75) is 37.6 Å². The van der Waals surface area contributed by atoms with Crippen molar-refractivity contribution >= 4 is 27.6 Å². The molecule has 9 heteroatoms. The molecule has 0 bridgehead atoms. The first-order valence-corrected chi connectivity index (χ1v) is 13.9. The summed E-state index contributed by atoms with van der Waals surface area (Å²) in [4.78, 5) is 22.4. The van der Waals surface area contributed by atoms with Crippen LogP contribution >= 0.6 is 0 Å². The van der Waals surface area contributed by atoms with Crippen LogP contribution in [0, 0.1) is 0 Å². The van der Waals surface area contributed by atoms with Crippen LogP contribution in [0.3, 0.4) is 0 Å². The van der Waals surface area contributed by atoms with E-state index in [0.717, 1.165) is 22.4 Å². The van der Waals surface area contributed by atoms with Crippen molar-refractivity contribution in [1.29, 1.82) is 0 Å². The number of nitrogens with one attached hydrogen (secondary N) is 1. The first-order chi connectivity index (χ1) is 17.1. The Kier molecular flexibility index (Phi) is 7.36. The molecule has 0 aromatic heterocycles. The number of aliphatic hydroxyl groups excluding tert-OH is 1. The van der Waals surface area contributed by atoms with Crippen molar-refractivity contribution in [3.05, 3.63) is 70.6 Å². The van der Waals surface area contributed by atoms with Gasteiger partial charge in [0, 0.05) is 43.3 Å². The molecule has 1 atom stereocenters. The van der Waals surface area contributed by atoms with E-state index in [-0.39, 0.29) is 23.2 Å². The zero-order chi connectivity index (χ0) is 26.1. The van der Waals surface area contributed by atoms with Gasteiger partial charge >= 0.3 is 0 Å². The summed E-state index contributed by atoms with van der Waals surface area (Å²) in [5.74, 6) is -0.183. The fourth-order valence-electron chi connectivity index (χ4n) is 5.02. The summed E-state index contributed by atoms with van der Waals surface area (Å²) in [5, 5.41) is 12.1. The second kappa shape index (κ2) is 10.2. The zero-order valence-corrected chi connectivity index (χ0v) is 22.1. The molecule has 2 heterocycles. The molecule has 1 aromatic carbocycles. The third kappa shape index (κ3) is 4.58. The van der Waals surface area contributed by atoms with E-state index < -0.39 is 15.4 Å². The summed E-state index contributed by atoms with van der Waals surface area (Å²) in [6.45, 7) is 7.28. The van der Waals surface area contributed by atoms with Gasteiger partial charge in [0.25, 0.3) is 5.91 Å². The van der Waals surface area contributed by atoms with Crippen LogP contribution in [0.5, 0.6) is 0 Å². The summed E-state index contributed by atoms with van der Waals surface area (Å²) in [6.07, 6.45) is 8.51. The molecule has 0 saturated heterocycles. The molecule has 0 fully saturated rings. The normalized spacial score (nSPS) is 21.2. The first kappa shape index (κ1) is 26.1. The Morgan fingerprint density at radius 1 is 1.28 bits per heavy atom. The number of aliphatic imine (C=N–C) groups is 1. The van der Waals surface area contributed by atoms with Gasteiger partial charge in [-0.05, 0) is 57.2 Å². The van der Waals surface area contributed by atoms with E-state index in [9.17, 15) is 13.2 Å². The highest BCUT2D eigenvalue weighted by Crippen LogP contribution is 2.52. The molecule has 1 amide bonds. The van der Waals surface area contributed by atoms with Crippen molar-refractivity contribution in [1.82, 2.24) is 10.2 Å². The van der Waals surface area contributed by atoms with Crippen LogP contribution in [0.15, 0.2) is 80.5 Å². The Balaban J connectivity index is 1.79. The van der Waals surface area contributed by atoms with Gasteiger partial charge in [-0.3, -0.25) is 9.79 Å². The first-order valence-electron chi connectivity index (χ1n) is 12.2. The SMILES string of the molecule is CCS(=O)(=O)c1cccc(N2C=C(C(=O)NCCN(C)CCO)C3=C(C)CC=C4N=CC(C)=CC432)c1. The molecule has 2 N–H and O–H groups in total. The van der Waals surface area contributed by atoms with Crippen LogP contribution in [0.4, 0.5) is 5.69 Å². The number of likely N-dealkylation sites (N-methyl/N-ethyl adjacent to an activating group) is 1. The van der Waals surface area contributed by atoms with Gasteiger partial charge in [-0.1, -0.05) is 24.6 Å². The van der Waals surface area contributed by atoms with E-state index in [1.165, 1.54) is 0 Å². The standard InChI is InChI=1S/C27H34N4O4S/c1-5-36(34,35)22-8-6-7-21(15-22)31-18-23(26(33)28-11-12-30(4)13-14-32)25-20(3)9-10-24-27(25,31)16-19(2)17-29-24/h6-8,10,15-18,32H,5,9,11-14H2,1-4H3,(H,28,33). The number of carbonyl (C=O) groups is 1. The van der Waals surface area contributed by atoms with Crippen molar-refractivity contribution in [2.75, 3.05) is 43.9 Å². The van der Waals surface area contributed by atoms with Gasteiger partial charge in [-0.15, -0.1) is 0 Å². The lowest BCUT2D eigenvalue weighted by molar-refractivity contribution is -0.117. The van der Waals surface area contributed by atoms with Crippen LogP contribution in [0.1, 0.15) is 27.2 Å². The Labute approximate surface area is 213 Å². The van der Waals surface area contributed by atoms with Gasteiger partial charge in [0.2, 0.25) is 0 Å². The number of nitrogens with zero attached hydrogens (tertiary/aromatic N) is 3. The van der Waals surface area contributed by atoms with Crippen molar-refractivity contribution < 1.29 is 18.3 Å². The lowest BCUT2D eigenvalue weighted by Gasteiger charge is -2.43. The molecule has 1 unspecified atom stereocenters. The summed E-state index contributed by atoms with van der Waals surface area (Å²) in [6, 6.07) is 6.89. The second-order valence-corrected chi connectivity index (χ2v) is 11.7. The number of dihydropyridines is 1. The van der Waals surface area contributed by atoms with Crippen molar-refractivity contribution in [3.8, 4) is 0 Å². The van der Waals surface area contributed by atoms with Crippen LogP contribution < -0.4 is 10.2 Å². The number of anilines is 1. The number of benzene rings is 1. The molecule has 4 rings (SSSR count). The van der Waals surface area contributed by atoms with Gasteiger partial charge in [0.1, 0.15) is 5.54 Å². The average molecular weight is 511 g/mol. The second-order valence-electron chi connectivity index (χ2n) is 9.46. The summed E-state index contributed by atoms with van der Waals surface area (Å²) in [5.41, 5.74) is 4.14. The van der Waals surface area contributed by atoms with E-state index in [4.69, 9.17) is 10.1 Å². The van der Waals surface area contributed by atoms with Crippen LogP contribution in [0.2, 0.25) is 0 Å². The Morgan fingerprint density at radius 3 is 2.78 bits per heavy atom. The molecule has 0 radical (unpaired) electrons. The smallest absolute Gasteiger partial charge is 0.253 e. The monoisotopic (exact) mass is 510 g/mol. The Hall–Kier alpha value is -3.01. The molecule has 8 nitrogen and oxygen atoms in total. The number of sulfone groups is 1. The summed E-state index contributed by atoms with van der Waals surface area (Å²) >= 11 is 0. The Bertz CT molecular complexity index is 1320. The van der Waals surface area contributed by atoms with Crippen molar-refractivity contribution in [3.63, 3.8) is 0 Å². The number of carbonyl (C=O) groups excluding carboxylic acids is 1. The minimum atomic E-state index is -3.41. The third-order valence-electron chi connectivity index (χ3n) is 6.89. The maximum absolute atomic E-state index is 13.5. The fourth-order valence-corrected chi connectivity index (χ4v) is 5.94. The minimum Gasteiger partial charge on any atom is -0.395 e. The van der Waals surface area contributed by atoms with Gasteiger partial charge in [-0.2, -0.15) is 0 Å². The quantitative estimate of drug-likeness (QED) is 0.530. The minimum absolute atomic E-state index is 0.00847. The molecular formula is C27H34N4O4S. The van der Waals surface area contributed by atoms with E-state index in [0.29, 0.717) is 37.3 Å². The molecule has 1 aromatic rings. The highest BCUT2D eigenvalue weighted by atomic mass is 32.2. The highest BCUT2D eigenvalue weighted by Gasteiger charge is 2.52.